The summed E-state index contributed by atoms with van der Waals surface area (Å²) in [6.45, 7) is 4.10. The zero-order chi connectivity index (χ0) is 30.7. The lowest BCUT2D eigenvalue weighted by molar-refractivity contribution is 0.0644. The third-order valence-corrected chi connectivity index (χ3v) is 10.3. The second-order valence-corrected chi connectivity index (χ2v) is 13.3. The van der Waals surface area contributed by atoms with E-state index in [-0.39, 0.29) is 28.1 Å². The lowest BCUT2D eigenvalue weighted by atomic mass is 10.0. The van der Waals surface area contributed by atoms with Crippen LogP contribution in [0.5, 0.6) is 5.75 Å². The fourth-order valence-electron chi connectivity index (χ4n) is 5.93. The van der Waals surface area contributed by atoms with Crippen LogP contribution in [0, 0.1) is 5.82 Å². The van der Waals surface area contributed by atoms with Crippen LogP contribution < -0.4 is 10.5 Å². The van der Waals surface area contributed by atoms with E-state index in [1.807, 2.05) is 29.2 Å². The first-order chi connectivity index (χ1) is 21.3. The van der Waals surface area contributed by atoms with Gasteiger partial charge in [-0.05, 0) is 104 Å². The molecule has 8 nitrogen and oxygen atoms in total. The van der Waals surface area contributed by atoms with Crippen molar-refractivity contribution >= 4 is 21.6 Å². The smallest absolute Gasteiger partial charge is 0.253 e. The largest absolute Gasteiger partial charge is 0.485 e. The molecule has 2 fully saturated rings. The van der Waals surface area contributed by atoms with E-state index in [0.29, 0.717) is 17.4 Å². The van der Waals surface area contributed by atoms with Crippen LogP contribution in [0.4, 0.5) is 10.2 Å². The first-order valence-corrected chi connectivity index (χ1v) is 16.4. The molecule has 10 heteroatoms. The maximum atomic E-state index is 13.2. The Kier molecular flexibility index (Phi) is 8.63. The van der Waals surface area contributed by atoms with Gasteiger partial charge in [-0.25, -0.2) is 17.8 Å². The molecule has 0 atom stereocenters. The monoisotopic (exact) mass is 614 g/mol. The number of anilines is 1. The number of nitrogens with zero attached hydrogens (tertiary/aromatic N) is 3. The summed E-state index contributed by atoms with van der Waals surface area (Å²) in [5.41, 5.74) is 9.16. The zero-order valence-corrected chi connectivity index (χ0v) is 25.2. The van der Waals surface area contributed by atoms with E-state index in [0.717, 1.165) is 54.8 Å². The second kappa shape index (κ2) is 12.8. The van der Waals surface area contributed by atoms with E-state index in [1.54, 1.807) is 24.4 Å². The SMILES string of the molecule is Nc1ncc(-c2ccc(C(=O)N3CCC(N4CCCC4)CC3)cc2)cc1OCc1ccc(S(=O)(=O)c2ccc(F)cc2)cc1. The van der Waals surface area contributed by atoms with Gasteiger partial charge in [-0.3, -0.25) is 4.79 Å². The van der Waals surface area contributed by atoms with Crippen molar-refractivity contribution in [3.63, 3.8) is 0 Å². The van der Waals surface area contributed by atoms with Crippen molar-refractivity contribution in [3.05, 3.63) is 102 Å². The van der Waals surface area contributed by atoms with Crippen LogP contribution in [0.15, 0.2) is 94.9 Å². The molecule has 3 heterocycles. The molecule has 0 spiro atoms. The Morgan fingerprint density at radius 3 is 2.11 bits per heavy atom. The number of hydrogen-bond donors (Lipinski definition) is 1. The highest BCUT2D eigenvalue weighted by atomic mass is 32.2. The van der Waals surface area contributed by atoms with E-state index < -0.39 is 15.7 Å². The van der Waals surface area contributed by atoms with Gasteiger partial charge in [-0.2, -0.15) is 0 Å². The number of rotatable bonds is 8. The topological polar surface area (TPSA) is 106 Å². The van der Waals surface area contributed by atoms with Gasteiger partial charge in [-0.15, -0.1) is 0 Å². The number of halogens is 1. The van der Waals surface area contributed by atoms with E-state index in [1.165, 1.54) is 50.2 Å². The van der Waals surface area contributed by atoms with Gasteiger partial charge in [0, 0.05) is 36.5 Å². The number of nitrogen functional groups attached to an aromatic ring is 1. The Bertz CT molecular complexity index is 1720. The number of piperidine rings is 1. The van der Waals surface area contributed by atoms with Crippen molar-refractivity contribution in [3.8, 4) is 16.9 Å². The Morgan fingerprint density at radius 2 is 1.48 bits per heavy atom. The first-order valence-electron chi connectivity index (χ1n) is 14.9. The van der Waals surface area contributed by atoms with Gasteiger partial charge in [0.1, 0.15) is 12.4 Å². The Morgan fingerprint density at radius 1 is 0.864 bits per heavy atom. The number of aromatic nitrogens is 1. The van der Waals surface area contributed by atoms with Gasteiger partial charge in [0.2, 0.25) is 9.84 Å². The summed E-state index contributed by atoms with van der Waals surface area (Å²) in [7, 11) is -3.77. The van der Waals surface area contributed by atoms with E-state index in [2.05, 4.69) is 9.88 Å². The van der Waals surface area contributed by atoms with Gasteiger partial charge in [-0.1, -0.05) is 24.3 Å². The van der Waals surface area contributed by atoms with Crippen LogP contribution in [0.25, 0.3) is 11.1 Å². The van der Waals surface area contributed by atoms with Crippen molar-refractivity contribution in [2.24, 2.45) is 0 Å². The highest BCUT2D eigenvalue weighted by molar-refractivity contribution is 7.91. The molecule has 0 saturated carbocycles. The van der Waals surface area contributed by atoms with Gasteiger partial charge < -0.3 is 20.3 Å². The predicted octanol–water partition coefficient (Wildman–Crippen LogP) is 5.58. The molecule has 228 valence electrons. The van der Waals surface area contributed by atoms with Crippen molar-refractivity contribution < 1.29 is 22.3 Å². The van der Waals surface area contributed by atoms with Gasteiger partial charge in [0.05, 0.1) is 9.79 Å². The highest BCUT2D eigenvalue weighted by Crippen LogP contribution is 2.29. The average Bonchev–Trinajstić information content (AvgIpc) is 3.60. The Hall–Kier alpha value is -4.28. The quantitative estimate of drug-likeness (QED) is 0.258. The fraction of sp³-hybridized carbons (Fsp3) is 0.294. The molecule has 2 aliphatic rings. The summed E-state index contributed by atoms with van der Waals surface area (Å²) >= 11 is 0. The minimum Gasteiger partial charge on any atom is -0.485 e. The van der Waals surface area contributed by atoms with Crippen LogP contribution >= 0.6 is 0 Å². The molecule has 4 aromatic rings. The third kappa shape index (κ3) is 6.46. The Balaban J connectivity index is 1.07. The number of carbonyl (C=O) groups excluding carboxylic acids is 1. The summed E-state index contributed by atoms with van der Waals surface area (Å²) in [6, 6.07) is 20.9. The van der Waals surface area contributed by atoms with Crippen LogP contribution in [0.3, 0.4) is 0 Å². The molecule has 0 aliphatic carbocycles. The van der Waals surface area contributed by atoms with Crippen LogP contribution in [0.2, 0.25) is 0 Å². The minimum atomic E-state index is -3.77. The molecule has 1 amide bonds. The maximum Gasteiger partial charge on any atom is 0.253 e. The first kappa shape index (κ1) is 29.8. The molecule has 2 saturated heterocycles. The third-order valence-electron chi connectivity index (χ3n) is 8.51. The fourth-order valence-corrected chi connectivity index (χ4v) is 7.19. The Labute approximate surface area is 257 Å². The maximum absolute atomic E-state index is 13.2. The summed E-state index contributed by atoms with van der Waals surface area (Å²) in [5, 5.41) is 0. The van der Waals surface area contributed by atoms with Crippen LogP contribution in [-0.4, -0.2) is 61.3 Å². The number of amides is 1. The highest BCUT2D eigenvalue weighted by Gasteiger charge is 2.28. The minimum absolute atomic E-state index is 0.0218. The van der Waals surface area contributed by atoms with Crippen LogP contribution in [-0.2, 0) is 16.4 Å². The molecule has 0 unspecified atom stereocenters. The zero-order valence-electron chi connectivity index (χ0n) is 24.4. The number of benzene rings is 3. The summed E-state index contributed by atoms with van der Waals surface area (Å²) < 4.78 is 44.9. The summed E-state index contributed by atoms with van der Waals surface area (Å²) in [5.74, 6) is 0.187. The average molecular weight is 615 g/mol. The van der Waals surface area contributed by atoms with Gasteiger partial charge in [0.25, 0.3) is 5.91 Å². The lowest BCUT2D eigenvalue weighted by Crippen LogP contribution is -2.45. The molecular weight excluding hydrogens is 579 g/mol. The molecule has 6 rings (SSSR count). The van der Waals surface area contributed by atoms with E-state index >= 15 is 0 Å². The van der Waals surface area contributed by atoms with E-state index in [9.17, 15) is 17.6 Å². The summed E-state index contributed by atoms with van der Waals surface area (Å²) in [4.78, 5) is 22.1. The predicted molar refractivity (Wildman–Crippen MR) is 166 cm³/mol. The standard InChI is InChI=1S/C34H35FN4O4S/c35-28-9-13-31(14-10-28)44(41,42)30-11-3-24(4-12-30)23-43-32-21-27(22-37-33(32)36)25-5-7-26(8-6-25)34(40)39-19-15-29(16-20-39)38-17-1-2-18-38/h3-14,21-22,29H,1-2,15-20,23H2,(H2,36,37). The van der Waals surface area contributed by atoms with Crippen molar-refractivity contribution in [2.45, 2.75) is 48.1 Å². The van der Waals surface area contributed by atoms with Crippen molar-refractivity contribution in [1.29, 1.82) is 0 Å². The molecule has 0 bridgehead atoms. The number of carbonyl (C=O) groups is 1. The number of likely N-dealkylation sites (tertiary alicyclic amines) is 2. The van der Waals surface area contributed by atoms with Gasteiger partial charge in [0.15, 0.2) is 11.6 Å². The number of sulfone groups is 1. The molecule has 1 aromatic heterocycles. The lowest BCUT2D eigenvalue weighted by Gasteiger charge is -2.36. The second-order valence-electron chi connectivity index (χ2n) is 11.3. The number of pyridine rings is 1. The molecule has 3 aromatic carbocycles. The molecule has 2 N–H and O–H groups in total. The number of ether oxygens (including phenoxy) is 1. The normalized spacial score (nSPS) is 16.2. The molecule has 2 aliphatic heterocycles. The number of nitrogens with two attached hydrogens (primary N) is 1. The summed E-state index contributed by atoms with van der Waals surface area (Å²) in [6.07, 6.45) is 6.29. The molecule has 0 radical (unpaired) electrons. The van der Waals surface area contributed by atoms with Crippen molar-refractivity contribution in [2.75, 3.05) is 31.9 Å². The number of hydrogen-bond acceptors (Lipinski definition) is 7. The van der Waals surface area contributed by atoms with Crippen LogP contribution in [0.1, 0.15) is 41.6 Å². The van der Waals surface area contributed by atoms with Gasteiger partial charge >= 0.3 is 0 Å². The van der Waals surface area contributed by atoms with Crippen molar-refractivity contribution in [1.82, 2.24) is 14.8 Å². The van der Waals surface area contributed by atoms with E-state index in [4.69, 9.17) is 10.5 Å². The molecular formula is C34H35FN4O4S. The molecule has 44 heavy (non-hydrogen) atoms.